The van der Waals surface area contributed by atoms with Crippen LogP contribution in [0.2, 0.25) is 0 Å². The summed E-state index contributed by atoms with van der Waals surface area (Å²) in [7, 11) is 0. The largest absolute Gasteiger partial charge is 0.412 e. The lowest BCUT2D eigenvalue weighted by Crippen LogP contribution is -1.81. The lowest BCUT2D eigenvalue weighted by atomic mass is 13.1. The molecule has 15 heavy (non-hydrogen) atoms. The predicted octanol–water partition coefficient (Wildman–Crippen LogP) is -8.43. The van der Waals surface area contributed by atoms with Gasteiger partial charge in [-0.2, -0.15) is 0 Å². The zero-order valence-corrected chi connectivity index (χ0v) is 7.42. The van der Waals surface area contributed by atoms with Crippen molar-refractivity contribution in [2.75, 3.05) is 0 Å². The Kier molecular flexibility index (Phi) is 27500. The molecule has 0 spiro atoms. The molecule has 0 radical (unpaired) electrons. The van der Waals surface area contributed by atoms with E-state index in [9.17, 15) is 0 Å². The maximum Gasteiger partial charge on any atom is 0.291 e. The minimum Gasteiger partial charge on any atom is -0.412 e. The Labute approximate surface area is 82.7 Å². The molecule has 15 nitrogen and oxygen atoms in total. The van der Waals surface area contributed by atoms with Crippen LogP contribution in [0.1, 0.15) is 0 Å². The molecule has 0 heterocycles. The molecule has 0 aliphatic heterocycles. The van der Waals surface area contributed by atoms with E-state index in [-0.39, 0.29) is 60.9 Å². The zero-order chi connectivity index (χ0) is 3.58. The fourth-order valence-electron chi connectivity index (χ4n) is 0. The van der Waals surface area contributed by atoms with Crippen molar-refractivity contribution in [3.63, 3.8) is 0 Å². The van der Waals surface area contributed by atoms with Gasteiger partial charge < -0.3 is 66.1 Å². The van der Waals surface area contributed by atoms with Gasteiger partial charge in [-0.15, -0.1) is 10.1 Å². The smallest absolute Gasteiger partial charge is 0.291 e. The topological polar surface area (TPSA) is 413 Å². The maximum atomic E-state index is 8.36. The van der Waals surface area contributed by atoms with E-state index in [4.69, 9.17) is 15.3 Å². The van der Waals surface area contributed by atoms with Gasteiger partial charge in [0.2, 0.25) is 0 Å². The highest BCUT2D eigenvalue weighted by Gasteiger charge is 1.65. The second kappa shape index (κ2) is 570. The first-order valence-corrected chi connectivity index (χ1v) is 0.565. The third-order valence-corrected chi connectivity index (χ3v) is 0. The molecule has 0 atom stereocenters. The van der Waals surface area contributed by atoms with Crippen LogP contribution < -0.4 is 6.15 Å². The van der Waals surface area contributed by atoms with Crippen LogP contribution in [0.5, 0.6) is 0 Å². The Hall–Kier alpha value is -1.24. The molecule has 112 valence electrons. The Bertz CT molecular complexity index is 31.5. The average molecular weight is 260 g/mol. The standard InChI is InChI=1S/HNO3.H3N.10H2O/c2-1(3)4;;;;;;;;;;;/h(H,2,3,4);1H3;10*1H2. The van der Waals surface area contributed by atoms with E-state index in [0.29, 0.717) is 0 Å². The van der Waals surface area contributed by atoms with Gasteiger partial charge in [0.15, 0.2) is 0 Å². The van der Waals surface area contributed by atoms with Gasteiger partial charge in [-0.25, -0.2) is 0 Å². The molecule has 0 fully saturated rings. The molecule has 0 saturated heterocycles. The number of hydrogen-bond donors (Lipinski definition) is 2. The predicted molar refractivity (Wildman–Crippen MR) is 49.9 cm³/mol. The van der Waals surface area contributed by atoms with Gasteiger partial charge in [0, 0.05) is 0 Å². The minimum atomic E-state index is -1.50. The third kappa shape index (κ3) is 961. The first-order valence-electron chi connectivity index (χ1n) is 0.565. The quantitative estimate of drug-likeness (QED) is 0.315. The minimum absolute atomic E-state index is 0. The van der Waals surface area contributed by atoms with Crippen LogP contribution in [-0.4, -0.2) is 65.1 Å². The summed E-state index contributed by atoms with van der Waals surface area (Å²) < 4.78 is 0. The lowest BCUT2D eigenvalue weighted by Gasteiger charge is -1.56. The summed E-state index contributed by atoms with van der Waals surface area (Å²) in [5, 5.41) is 13.6. The van der Waals surface area contributed by atoms with Crippen LogP contribution in [0, 0.1) is 10.1 Å². The molecule has 0 aromatic carbocycles. The van der Waals surface area contributed by atoms with Crippen molar-refractivity contribution >= 4 is 0 Å². The molecule has 0 unspecified atom stereocenters. The van der Waals surface area contributed by atoms with E-state index in [1.54, 1.807) is 0 Å². The highest BCUT2D eigenvalue weighted by molar-refractivity contribution is 3.83. The van der Waals surface area contributed by atoms with Crippen molar-refractivity contribution in [3.8, 4) is 0 Å². The molecule has 0 saturated carbocycles. The van der Waals surface area contributed by atoms with Crippen LogP contribution in [-0.2, 0) is 0 Å². The molecule has 0 amide bonds. The fourth-order valence-corrected chi connectivity index (χ4v) is 0. The van der Waals surface area contributed by atoms with Gasteiger partial charge in [0.05, 0.1) is 0 Å². The second-order valence-electron chi connectivity index (χ2n) is 0.238. The Morgan fingerprint density at radius 2 is 0.667 bits per heavy atom. The number of rotatable bonds is 0. The Morgan fingerprint density at radius 1 is 0.667 bits per heavy atom. The molecule has 24 N–H and O–H groups in total. The normalized spacial score (nSPS) is 1.60. The summed E-state index contributed by atoms with van der Waals surface area (Å²) in [6.45, 7) is 0. The van der Waals surface area contributed by atoms with Gasteiger partial charge in [-0.05, 0) is 0 Å². The molecular formula is H24N2O13. The van der Waals surface area contributed by atoms with E-state index < -0.39 is 5.09 Å². The van der Waals surface area contributed by atoms with Crippen molar-refractivity contribution in [1.29, 1.82) is 0 Å². The molecular weight excluding hydrogens is 236 g/mol. The third-order valence-electron chi connectivity index (χ3n) is 0. The van der Waals surface area contributed by atoms with Gasteiger partial charge in [0.25, 0.3) is 5.09 Å². The molecule has 0 rings (SSSR count). The van der Waals surface area contributed by atoms with E-state index >= 15 is 0 Å². The van der Waals surface area contributed by atoms with Gasteiger partial charge >= 0.3 is 0 Å². The van der Waals surface area contributed by atoms with Crippen molar-refractivity contribution < 1.29 is 65.1 Å². The maximum absolute atomic E-state index is 8.36. The van der Waals surface area contributed by atoms with E-state index in [1.165, 1.54) is 0 Å². The van der Waals surface area contributed by atoms with Crippen LogP contribution in [0.3, 0.4) is 0 Å². The SMILES string of the molecule is N.O.O.O.O.O.O.O.O.O.O.O=[N+]([O-])O. The molecule has 0 aliphatic rings. The van der Waals surface area contributed by atoms with Crippen molar-refractivity contribution in [2.24, 2.45) is 0 Å². The summed E-state index contributed by atoms with van der Waals surface area (Å²) in [5.74, 6) is 0. The van der Waals surface area contributed by atoms with Gasteiger partial charge in [-0.3, -0.25) is 0 Å². The van der Waals surface area contributed by atoms with Crippen LogP contribution in [0.4, 0.5) is 0 Å². The summed E-state index contributed by atoms with van der Waals surface area (Å²) in [4.78, 5) is 8.36. The average Bonchev–Trinajstić information content (AvgIpc) is 0.811. The van der Waals surface area contributed by atoms with E-state index in [1.807, 2.05) is 0 Å². The number of hydrogen-bond acceptors (Lipinski definition) is 3. The highest BCUT2D eigenvalue weighted by atomic mass is 16.9. The van der Waals surface area contributed by atoms with Gasteiger partial charge in [0.1, 0.15) is 0 Å². The van der Waals surface area contributed by atoms with Crippen molar-refractivity contribution in [2.45, 2.75) is 0 Å². The first-order chi connectivity index (χ1) is 1.73. The number of nitrogens with zero attached hydrogens (tertiary/aromatic N) is 1. The van der Waals surface area contributed by atoms with Crippen LogP contribution >= 0.6 is 0 Å². The van der Waals surface area contributed by atoms with Crippen molar-refractivity contribution in [3.05, 3.63) is 10.1 Å². The Morgan fingerprint density at radius 3 is 0.667 bits per heavy atom. The molecule has 0 aliphatic carbocycles. The fraction of sp³-hybridized carbons (Fsp3) is 0. The monoisotopic (exact) mass is 260 g/mol. The van der Waals surface area contributed by atoms with Crippen molar-refractivity contribution in [1.82, 2.24) is 6.15 Å². The molecule has 0 bridgehead atoms. The van der Waals surface area contributed by atoms with Crippen LogP contribution in [0.15, 0.2) is 0 Å². The Balaban J connectivity index is -0.000000000818. The first kappa shape index (κ1) is 723. The summed E-state index contributed by atoms with van der Waals surface area (Å²) >= 11 is 0. The molecule has 0 aromatic heterocycles. The molecule has 0 aromatic rings. The lowest BCUT2D eigenvalue weighted by molar-refractivity contribution is -0.742. The van der Waals surface area contributed by atoms with E-state index in [2.05, 4.69) is 0 Å². The second-order valence-corrected chi connectivity index (χ2v) is 0.238. The highest BCUT2D eigenvalue weighted by Crippen LogP contribution is 1.38. The molecule has 15 heteroatoms. The van der Waals surface area contributed by atoms with Crippen LogP contribution in [0.25, 0.3) is 0 Å². The van der Waals surface area contributed by atoms with Gasteiger partial charge in [-0.1, -0.05) is 0 Å². The zero-order valence-electron chi connectivity index (χ0n) is 7.42. The summed E-state index contributed by atoms with van der Waals surface area (Å²) in [6.07, 6.45) is 0. The summed E-state index contributed by atoms with van der Waals surface area (Å²) in [6, 6.07) is 0. The van der Waals surface area contributed by atoms with E-state index in [0.717, 1.165) is 0 Å². The summed E-state index contributed by atoms with van der Waals surface area (Å²) in [5.41, 5.74) is 0.